The fourth-order valence-electron chi connectivity index (χ4n) is 4.10. The van der Waals surface area contributed by atoms with E-state index in [-0.39, 0.29) is 34.1 Å². The summed E-state index contributed by atoms with van der Waals surface area (Å²) in [7, 11) is 0. The summed E-state index contributed by atoms with van der Waals surface area (Å²) in [4.78, 5) is 26.2. The number of carbonyl (C=O) groups is 1. The highest BCUT2D eigenvalue weighted by Crippen LogP contribution is 2.37. The first-order valence-electron chi connectivity index (χ1n) is 12.0. The van der Waals surface area contributed by atoms with Crippen LogP contribution in [0.4, 0.5) is 10.1 Å². The van der Waals surface area contributed by atoms with Gasteiger partial charge in [0.2, 0.25) is 5.89 Å². The van der Waals surface area contributed by atoms with Crippen LogP contribution in [-0.2, 0) is 6.42 Å². The van der Waals surface area contributed by atoms with Gasteiger partial charge in [0.1, 0.15) is 23.5 Å². The number of nitrogens with zero attached hydrogens (tertiary/aromatic N) is 4. The third kappa shape index (κ3) is 5.25. The summed E-state index contributed by atoms with van der Waals surface area (Å²) in [5.74, 6) is -1.26. The number of aromatic hydroxyl groups is 1. The number of nitrogens with one attached hydrogen (secondary N) is 1. The van der Waals surface area contributed by atoms with E-state index in [0.717, 1.165) is 5.69 Å². The molecular weight excluding hydrogens is 489 g/mol. The number of imidazole rings is 1. The molecule has 0 spiro atoms. The number of amides is 1. The van der Waals surface area contributed by atoms with E-state index in [2.05, 4.69) is 20.3 Å². The Morgan fingerprint density at radius 1 is 1.18 bits per heavy atom. The van der Waals surface area contributed by atoms with E-state index < -0.39 is 17.3 Å². The summed E-state index contributed by atoms with van der Waals surface area (Å²) in [6.45, 7) is 5.28. The Balaban J connectivity index is 1.53. The standard InChI is InChI=1S/C28H26FN5O4/c1-16-11-17(8-10-30-16)27-33-22(15-38-27)26(36)32-21-14-34-13-18(7-9-28(2,3)37)31-24(34)12-19(21)25-20(29)5-4-6-23(25)35/h4-6,8,10-15,35,37H,7,9H2,1-3H3,(H,32,36). The third-order valence-electron chi connectivity index (χ3n) is 6.03. The van der Waals surface area contributed by atoms with E-state index >= 15 is 0 Å². The van der Waals surface area contributed by atoms with Gasteiger partial charge in [-0.1, -0.05) is 6.07 Å². The molecule has 5 aromatic rings. The van der Waals surface area contributed by atoms with Crippen molar-refractivity contribution in [1.82, 2.24) is 19.4 Å². The smallest absolute Gasteiger partial charge is 0.277 e. The van der Waals surface area contributed by atoms with E-state index in [1.54, 1.807) is 55.0 Å². The molecule has 0 aliphatic heterocycles. The van der Waals surface area contributed by atoms with E-state index in [1.807, 2.05) is 6.92 Å². The number of benzene rings is 1. The molecule has 0 saturated heterocycles. The molecule has 1 aromatic carbocycles. The molecule has 4 heterocycles. The molecular formula is C28H26FN5O4. The molecule has 0 aliphatic carbocycles. The highest BCUT2D eigenvalue weighted by molar-refractivity contribution is 6.05. The van der Waals surface area contributed by atoms with Crippen molar-refractivity contribution in [3.8, 4) is 28.3 Å². The van der Waals surface area contributed by atoms with Crippen LogP contribution in [0.5, 0.6) is 5.75 Å². The predicted molar refractivity (Wildman–Crippen MR) is 139 cm³/mol. The number of aliphatic hydroxyl groups is 1. The van der Waals surface area contributed by atoms with Gasteiger partial charge in [-0.25, -0.2) is 14.4 Å². The number of aromatic nitrogens is 4. The monoisotopic (exact) mass is 515 g/mol. The number of carbonyl (C=O) groups excluding carboxylic acids is 1. The first-order valence-corrected chi connectivity index (χ1v) is 12.0. The van der Waals surface area contributed by atoms with Crippen molar-refractivity contribution in [2.75, 3.05) is 5.32 Å². The SMILES string of the molecule is Cc1cc(-c2nc(C(=O)Nc3cn4cc(CCC(C)(C)O)nc4cc3-c3c(O)cccc3F)co2)ccn1. The highest BCUT2D eigenvalue weighted by atomic mass is 19.1. The second-order valence-electron chi connectivity index (χ2n) is 9.72. The zero-order chi connectivity index (χ0) is 27.0. The predicted octanol–water partition coefficient (Wildman–Crippen LogP) is 5.16. The quantitative estimate of drug-likeness (QED) is 0.273. The normalized spacial score (nSPS) is 11.7. The summed E-state index contributed by atoms with van der Waals surface area (Å²) < 4.78 is 22.1. The Morgan fingerprint density at radius 3 is 2.74 bits per heavy atom. The van der Waals surface area contributed by atoms with Gasteiger partial charge < -0.3 is 24.3 Å². The van der Waals surface area contributed by atoms with Crippen LogP contribution in [0.15, 0.2) is 65.7 Å². The fourth-order valence-corrected chi connectivity index (χ4v) is 4.10. The van der Waals surface area contributed by atoms with Crippen LogP contribution in [0.1, 0.15) is 42.1 Å². The number of oxazole rings is 1. The first-order chi connectivity index (χ1) is 18.1. The molecule has 9 nitrogen and oxygen atoms in total. The van der Waals surface area contributed by atoms with Crippen molar-refractivity contribution in [2.24, 2.45) is 0 Å². The molecule has 5 rings (SSSR count). The number of hydrogen-bond acceptors (Lipinski definition) is 7. The van der Waals surface area contributed by atoms with Crippen LogP contribution in [0, 0.1) is 12.7 Å². The van der Waals surface area contributed by atoms with E-state index in [0.29, 0.717) is 29.7 Å². The van der Waals surface area contributed by atoms with E-state index in [1.165, 1.54) is 24.5 Å². The highest BCUT2D eigenvalue weighted by Gasteiger charge is 2.21. The average molecular weight is 516 g/mol. The zero-order valence-corrected chi connectivity index (χ0v) is 21.1. The maximum Gasteiger partial charge on any atom is 0.277 e. The van der Waals surface area contributed by atoms with Gasteiger partial charge in [0.05, 0.1) is 22.5 Å². The lowest BCUT2D eigenvalue weighted by Gasteiger charge is -2.15. The number of anilines is 1. The lowest BCUT2D eigenvalue weighted by molar-refractivity contribution is 0.0711. The second-order valence-corrected chi connectivity index (χ2v) is 9.72. The molecule has 194 valence electrons. The van der Waals surface area contributed by atoms with Gasteiger partial charge in [-0.3, -0.25) is 9.78 Å². The minimum absolute atomic E-state index is 0.0229. The molecule has 0 aliphatic rings. The Bertz CT molecular complexity index is 1630. The summed E-state index contributed by atoms with van der Waals surface area (Å²) in [6, 6.07) is 9.10. The zero-order valence-electron chi connectivity index (χ0n) is 21.1. The number of rotatable bonds is 7. The molecule has 1 amide bonds. The molecule has 0 saturated carbocycles. The molecule has 38 heavy (non-hydrogen) atoms. The number of halogens is 1. The largest absolute Gasteiger partial charge is 0.507 e. The second kappa shape index (κ2) is 9.71. The summed E-state index contributed by atoms with van der Waals surface area (Å²) in [5.41, 5.74) is 2.23. The molecule has 4 aromatic heterocycles. The van der Waals surface area contributed by atoms with E-state index in [4.69, 9.17) is 4.42 Å². The Kier molecular flexibility index (Phi) is 6.41. The molecule has 0 atom stereocenters. The number of fused-ring (bicyclic) bond motifs is 1. The third-order valence-corrected chi connectivity index (χ3v) is 6.03. The van der Waals surface area contributed by atoms with E-state index in [9.17, 15) is 19.4 Å². The van der Waals surface area contributed by atoms with Crippen LogP contribution in [-0.4, -0.2) is 41.1 Å². The minimum Gasteiger partial charge on any atom is -0.507 e. The summed E-state index contributed by atoms with van der Waals surface area (Å²) in [6.07, 6.45) is 7.25. The number of pyridine rings is 2. The average Bonchev–Trinajstić information content (AvgIpc) is 3.49. The van der Waals surface area contributed by atoms with Crippen LogP contribution >= 0.6 is 0 Å². The topological polar surface area (TPSA) is 126 Å². The van der Waals surface area contributed by atoms with Crippen molar-refractivity contribution < 1.29 is 23.8 Å². The van der Waals surface area contributed by atoms with Crippen molar-refractivity contribution in [2.45, 2.75) is 39.2 Å². The molecule has 3 N–H and O–H groups in total. The van der Waals surface area contributed by atoms with Crippen LogP contribution < -0.4 is 5.32 Å². The Labute approximate surface area is 217 Å². The Hall–Kier alpha value is -4.57. The molecule has 0 unspecified atom stereocenters. The lowest BCUT2D eigenvalue weighted by atomic mass is 10.0. The maximum atomic E-state index is 14.9. The van der Waals surface area contributed by atoms with Crippen molar-refractivity contribution in [3.63, 3.8) is 0 Å². The molecule has 10 heteroatoms. The summed E-state index contributed by atoms with van der Waals surface area (Å²) in [5, 5.41) is 23.3. The van der Waals surface area contributed by atoms with Crippen molar-refractivity contribution >= 4 is 17.2 Å². The first kappa shape index (κ1) is 25.1. The van der Waals surface area contributed by atoms with Crippen molar-refractivity contribution in [3.05, 3.63) is 84.2 Å². The van der Waals surface area contributed by atoms with Gasteiger partial charge in [0.15, 0.2) is 5.69 Å². The number of aryl methyl sites for hydroxylation is 2. The number of phenols is 1. The van der Waals surface area contributed by atoms with Crippen LogP contribution in [0.2, 0.25) is 0 Å². The summed E-state index contributed by atoms with van der Waals surface area (Å²) >= 11 is 0. The minimum atomic E-state index is -0.857. The lowest BCUT2D eigenvalue weighted by Crippen LogP contribution is -2.19. The molecule has 0 fully saturated rings. The van der Waals surface area contributed by atoms with Gasteiger partial charge in [0.25, 0.3) is 5.91 Å². The van der Waals surface area contributed by atoms with Gasteiger partial charge >= 0.3 is 0 Å². The van der Waals surface area contributed by atoms with Gasteiger partial charge in [-0.15, -0.1) is 0 Å². The van der Waals surface area contributed by atoms with Crippen LogP contribution in [0.25, 0.3) is 28.2 Å². The number of phenolic OH excluding ortho intramolecular Hbond substituents is 1. The van der Waals surface area contributed by atoms with Crippen molar-refractivity contribution in [1.29, 1.82) is 0 Å². The van der Waals surface area contributed by atoms with Crippen LogP contribution in [0.3, 0.4) is 0 Å². The Morgan fingerprint density at radius 2 is 2.00 bits per heavy atom. The van der Waals surface area contributed by atoms with Gasteiger partial charge in [0, 0.05) is 35.4 Å². The maximum absolute atomic E-state index is 14.9. The van der Waals surface area contributed by atoms with Gasteiger partial charge in [-0.2, -0.15) is 0 Å². The molecule has 0 radical (unpaired) electrons. The fraction of sp³-hybridized carbons (Fsp3) is 0.214. The van der Waals surface area contributed by atoms with Gasteiger partial charge in [-0.05, 0) is 63.9 Å². The number of hydrogen-bond donors (Lipinski definition) is 3. The molecule has 0 bridgehead atoms.